The topological polar surface area (TPSA) is 107 Å². The molecule has 0 atom stereocenters. The zero-order valence-corrected chi connectivity index (χ0v) is 12.5. The van der Waals surface area contributed by atoms with E-state index in [0.717, 1.165) is 38.2 Å². The first-order valence-electron chi connectivity index (χ1n) is 6.97. The van der Waals surface area contributed by atoms with Crippen LogP contribution >= 0.6 is 0 Å². The SMILES string of the molecule is Nc1cc([N+](=O)[O-])ccc1S(=O)(=O)N1CCCCCCC1. The van der Waals surface area contributed by atoms with Gasteiger partial charge in [0.05, 0.1) is 10.6 Å². The Morgan fingerprint density at radius 3 is 2.19 bits per heavy atom. The highest BCUT2D eigenvalue weighted by atomic mass is 32.2. The van der Waals surface area contributed by atoms with Crippen LogP contribution in [0.2, 0.25) is 0 Å². The molecule has 2 N–H and O–H groups in total. The van der Waals surface area contributed by atoms with Crippen LogP contribution in [0.15, 0.2) is 23.1 Å². The molecule has 0 unspecified atom stereocenters. The molecule has 1 saturated heterocycles. The number of non-ortho nitro benzene ring substituents is 1. The maximum atomic E-state index is 12.6. The van der Waals surface area contributed by atoms with Gasteiger partial charge in [-0.2, -0.15) is 4.31 Å². The lowest BCUT2D eigenvalue weighted by Crippen LogP contribution is -2.34. The number of hydrogen-bond acceptors (Lipinski definition) is 5. The zero-order valence-electron chi connectivity index (χ0n) is 11.7. The fourth-order valence-electron chi connectivity index (χ4n) is 2.48. The van der Waals surface area contributed by atoms with Crippen LogP contribution in [-0.4, -0.2) is 30.7 Å². The van der Waals surface area contributed by atoms with E-state index >= 15 is 0 Å². The smallest absolute Gasteiger partial charge is 0.271 e. The van der Waals surface area contributed by atoms with Crippen molar-refractivity contribution in [1.29, 1.82) is 0 Å². The fraction of sp³-hybridized carbons (Fsp3) is 0.538. The molecular formula is C13H19N3O4S. The second-order valence-electron chi connectivity index (χ2n) is 5.15. The molecule has 0 radical (unpaired) electrons. The first-order valence-corrected chi connectivity index (χ1v) is 8.41. The summed E-state index contributed by atoms with van der Waals surface area (Å²) < 4.78 is 26.7. The molecule has 0 spiro atoms. The van der Waals surface area contributed by atoms with Crippen molar-refractivity contribution >= 4 is 21.4 Å². The minimum absolute atomic E-state index is 0.0475. The van der Waals surface area contributed by atoms with Gasteiger partial charge < -0.3 is 5.73 Å². The van der Waals surface area contributed by atoms with Gasteiger partial charge in [0.2, 0.25) is 10.0 Å². The van der Waals surface area contributed by atoms with E-state index < -0.39 is 14.9 Å². The van der Waals surface area contributed by atoms with Gasteiger partial charge in [0.15, 0.2) is 0 Å². The minimum Gasteiger partial charge on any atom is -0.397 e. The van der Waals surface area contributed by atoms with Crippen molar-refractivity contribution in [2.24, 2.45) is 0 Å². The molecular weight excluding hydrogens is 294 g/mol. The molecule has 2 rings (SSSR count). The number of nitro groups is 1. The van der Waals surface area contributed by atoms with Gasteiger partial charge in [-0.15, -0.1) is 0 Å². The number of hydrogen-bond donors (Lipinski definition) is 1. The van der Waals surface area contributed by atoms with Crippen LogP contribution in [0.1, 0.15) is 32.1 Å². The van der Waals surface area contributed by atoms with E-state index in [9.17, 15) is 18.5 Å². The zero-order chi connectivity index (χ0) is 15.5. The minimum atomic E-state index is -3.69. The number of nitro benzene ring substituents is 1. The van der Waals surface area contributed by atoms with Crippen molar-refractivity contribution in [3.63, 3.8) is 0 Å². The molecule has 1 aliphatic heterocycles. The number of nitrogens with zero attached hydrogens (tertiary/aromatic N) is 2. The standard InChI is InChI=1S/C13H19N3O4S/c14-12-10-11(16(17)18)6-7-13(12)21(19,20)15-8-4-2-1-3-5-9-15/h6-7,10H,1-5,8-9,14H2. The van der Waals surface area contributed by atoms with Crippen LogP contribution in [0.5, 0.6) is 0 Å². The Morgan fingerprint density at radius 1 is 1.10 bits per heavy atom. The van der Waals surface area contributed by atoms with Gasteiger partial charge in [0, 0.05) is 25.2 Å². The highest BCUT2D eigenvalue weighted by Crippen LogP contribution is 2.27. The van der Waals surface area contributed by atoms with Gasteiger partial charge >= 0.3 is 0 Å². The van der Waals surface area contributed by atoms with E-state index in [4.69, 9.17) is 5.73 Å². The molecule has 1 aromatic carbocycles. The monoisotopic (exact) mass is 313 g/mol. The average molecular weight is 313 g/mol. The van der Waals surface area contributed by atoms with Gasteiger partial charge in [-0.05, 0) is 18.9 Å². The molecule has 0 aromatic heterocycles. The van der Waals surface area contributed by atoms with Gasteiger partial charge in [-0.1, -0.05) is 19.3 Å². The van der Waals surface area contributed by atoms with Gasteiger partial charge in [-0.25, -0.2) is 8.42 Å². The molecule has 0 aliphatic carbocycles. The Kier molecular flexibility index (Phi) is 4.79. The Bertz CT molecular complexity index is 622. The maximum Gasteiger partial charge on any atom is 0.271 e. The summed E-state index contributed by atoms with van der Waals surface area (Å²) >= 11 is 0. The third-order valence-corrected chi connectivity index (χ3v) is 5.61. The lowest BCUT2D eigenvalue weighted by Gasteiger charge is -2.24. The first-order chi connectivity index (χ1) is 9.93. The molecule has 8 heteroatoms. The predicted molar refractivity (Wildman–Crippen MR) is 79.4 cm³/mol. The van der Waals surface area contributed by atoms with Gasteiger partial charge in [0.25, 0.3) is 5.69 Å². The summed E-state index contributed by atoms with van der Waals surface area (Å²) in [7, 11) is -3.69. The summed E-state index contributed by atoms with van der Waals surface area (Å²) in [6.45, 7) is 0.942. The van der Waals surface area contributed by atoms with Crippen molar-refractivity contribution in [2.45, 2.75) is 37.0 Å². The van der Waals surface area contributed by atoms with Gasteiger partial charge in [-0.3, -0.25) is 10.1 Å². The molecule has 1 fully saturated rings. The lowest BCUT2D eigenvalue weighted by atomic mass is 10.1. The number of sulfonamides is 1. The number of nitrogens with two attached hydrogens (primary N) is 1. The molecule has 1 aliphatic rings. The van der Waals surface area contributed by atoms with E-state index in [1.807, 2.05) is 0 Å². The highest BCUT2D eigenvalue weighted by molar-refractivity contribution is 7.89. The van der Waals surface area contributed by atoms with Crippen LogP contribution in [0.4, 0.5) is 11.4 Å². The summed E-state index contributed by atoms with van der Waals surface area (Å²) in [4.78, 5) is 10.0. The van der Waals surface area contributed by atoms with E-state index in [1.165, 1.54) is 16.4 Å². The Labute approximate surface area is 123 Å². The van der Waals surface area contributed by atoms with Crippen molar-refractivity contribution in [3.8, 4) is 0 Å². The van der Waals surface area contributed by atoms with Crippen LogP contribution in [0.25, 0.3) is 0 Å². The largest absolute Gasteiger partial charge is 0.397 e. The van der Waals surface area contributed by atoms with Crippen molar-refractivity contribution in [3.05, 3.63) is 28.3 Å². The van der Waals surface area contributed by atoms with E-state index in [2.05, 4.69) is 0 Å². The predicted octanol–water partition coefficient (Wildman–Crippen LogP) is 2.13. The van der Waals surface area contributed by atoms with Crippen molar-refractivity contribution in [1.82, 2.24) is 4.31 Å². The van der Waals surface area contributed by atoms with Crippen LogP contribution < -0.4 is 5.73 Å². The van der Waals surface area contributed by atoms with E-state index in [-0.39, 0.29) is 16.3 Å². The molecule has 0 amide bonds. The highest BCUT2D eigenvalue weighted by Gasteiger charge is 2.27. The molecule has 21 heavy (non-hydrogen) atoms. The molecule has 7 nitrogen and oxygen atoms in total. The first kappa shape index (κ1) is 15.7. The molecule has 1 heterocycles. The van der Waals surface area contributed by atoms with E-state index in [1.54, 1.807) is 0 Å². The second-order valence-corrected chi connectivity index (χ2v) is 7.06. The summed E-state index contributed by atoms with van der Waals surface area (Å²) in [5, 5.41) is 10.7. The fourth-order valence-corrected chi connectivity index (χ4v) is 4.10. The summed E-state index contributed by atoms with van der Waals surface area (Å²) in [6, 6.07) is 3.49. The van der Waals surface area contributed by atoms with Crippen LogP contribution in [0, 0.1) is 10.1 Å². The third-order valence-electron chi connectivity index (χ3n) is 3.64. The Balaban J connectivity index is 2.31. The van der Waals surface area contributed by atoms with Crippen molar-refractivity contribution < 1.29 is 13.3 Å². The number of rotatable bonds is 3. The average Bonchev–Trinajstić information content (AvgIpc) is 2.37. The number of nitrogen functional groups attached to an aromatic ring is 1. The Morgan fingerprint density at radius 2 is 1.67 bits per heavy atom. The normalized spacial score (nSPS) is 17.9. The van der Waals surface area contributed by atoms with Crippen LogP contribution in [0.3, 0.4) is 0 Å². The number of anilines is 1. The Hall–Kier alpha value is -1.67. The molecule has 0 saturated carbocycles. The molecule has 0 bridgehead atoms. The van der Waals surface area contributed by atoms with E-state index in [0.29, 0.717) is 13.1 Å². The van der Waals surface area contributed by atoms with Crippen molar-refractivity contribution in [2.75, 3.05) is 18.8 Å². The second kappa shape index (κ2) is 6.40. The number of benzene rings is 1. The lowest BCUT2D eigenvalue weighted by molar-refractivity contribution is -0.384. The maximum absolute atomic E-state index is 12.6. The van der Waals surface area contributed by atoms with Gasteiger partial charge in [0.1, 0.15) is 4.90 Å². The molecule has 116 valence electrons. The third kappa shape index (κ3) is 3.51. The summed E-state index contributed by atoms with van der Waals surface area (Å²) in [5.74, 6) is 0. The van der Waals surface area contributed by atoms with Crippen LogP contribution in [-0.2, 0) is 10.0 Å². The summed E-state index contributed by atoms with van der Waals surface area (Å²) in [5.41, 5.74) is 5.42. The summed E-state index contributed by atoms with van der Waals surface area (Å²) in [6.07, 6.45) is 4.81. The molecule has 1 aromatic rings. The quantitative estimate of drug-likeness (QED) is 0.522.